The predicted molar refractivity (Wildman–Crippen MR) is 113 cm³/mol. The van der Waals surface area contributed by atoms with Crippen molar-refractivity contribution >= 4 is 38.9 Å². The number of sulfonamides is 1. The van der Waals surface area contributed by atoms with E-state index in [0.717, 1.165) is 10.7 Å². The molecule has 2 N–H and O–H groups in total. The molecule has 0 aliphatic carbocycles. The Balaban J connectivity index is 1.95. The van der Waals surface area contributed by atoms with E-state index < -0.39 is 10.0 Å². The van der Waals surface area contributed by atoms with E-state index in [1.165, 1.54) is 26.2 Å². The molecule has 2 aromatic rings. The van der Waals surface area contributed by atoms with Crippen molar-refractivity contribution in [2.24, 2.45) is 0 Å². The van der Waals surface area contributed by atoms with Crippen LogP contribution in [-0.4, -0.2) is 44.4 Å². The van der Waals surface area contributed by atoms with Crippen LogP contribution in [0.5, 0.6) is 5.75 Å². The average Bonchev–Trinajstić information content (AvgIpc) is 2.67. The first-order valence-electron chi connectivity index (χ1n) is 8.62. The first kappa shape index (κ1) is 21.8. The summed E-state index contributed by atoms with van der Waals surface area (Å²) in [5.74, 6) is 0.346. The largest absolute Gasteiger partial charge is 0.494 e. The second kappa shape index (κ2) is 9.63. The van der Waals surface area contributed by atoms with Crippen molar-refractivity contribution in [3.8, 4) is 5.75 Å². The number of anilines is 1. The van der Waals surface area contributed by atoms with Gasteiger partial charge in [0.2, 0.25) is 10.0 Å². The molecule has 0 saturated heterocycles. The maximum absolute atomic E-state index is 12.3. The number of carbonyl (C=O) groups is 1. The zero-order chi connectivity index (χ0) is 20.7. The quantitative estimate of drug-likeness (QED) is 0.669. The number of nitrogens with one attached hydrogen (secondary N) is 2. The maximum Gasteiger partial charge on any atom is 0.257 e. The standard InChI is InChI=1S/C19H23N3O4S2/c1-4-13-26-16-9-5-14(6-10-16)18(23)21-19(27)20-15-7-11-17(12-8-15)28(24,25)22(2)3/h5-12H,4,13H2,1-3H3,(H2,20,21,23,27). The fourth-order valence-corrected chi connectivity index (χ4v) is 3.29. The third-order valence-corrected chi connectivity index (χ3v) is 5.74. The molecule has 0 spiro atoms. The summed E-state index contributed by atoms with van der Waals surface area (Å²) >= 11 is 5.15. The SMILES string of the molecule is CCCOc1ccc(C(=O)NC(=S)Nc2ccc(S(=O)(=O)N(C)C)cc2)cc1. The van der Waals surface area contributed by atoms with Gasteiger partial charge in [0.15, 0.2) is 5.11 Å². The van der Waals surface area contributed by atoms with Crippen molar-refractivity contribution < 1.29 is 17.9 Å². The molecular formula is C19H23N3O4S2. The monoisotopic (exact) mass is 421 g/mol. The minimum Gasteiger partial charge on any atom is -0.494 e. The number of amides is 1. The Hall–Kier alpha value is -2.49. The molecule has 7 nitrogen and oxygen atoms in total. The van der Waals surface area contributed by atoms with Crippen LogP contribution < -0.4 is 15.4 Å². The van der Waals surface area contributed by atoms with Crippen molar-refractivity contribution in [3.05, 3.63) is 54.1 Å². The summed E-state index contributed by atoms with van der Waals surface area (Å²) in [6, 6.07) is 12.9. The van der Waals surface area contributed by atoms with Crippen LogP contribution >= 0.6 is 12.2 Å². The number of rotatable bonds is 7. The molecule has 0 atom stereocenters. The molecule has 9 heteroatoms. The molecule has 0 aliphatic rings. The minimum absolute atomic E-state index is 0.111. The molecule has 0 aliphatic heterocycles. The van der Waals surface area contributed by atoms with Crippen molar-refractivity contribution in [2.45, 2.75) is 18.2 Å². The molecule has 28 heavy (non-hydrogen) atoms. The highest BCUT2D eigenvalue weighted by molar-refractivity contribution is 7.89. The van der Waals surface area contributed by atoms with E-state index in [4.69, 9.17) is 17.0 Å². The van der Waals surface area contributed by atoms with Gasteiger partial charge >= 0.3 is 0 Å². The van der Waals surface area contributed by atoms with Gasteiger partial charge < -0.3 is 10.1 Å². The maximum atomic E-state index is 12.3. The second-order valence-corrected chi connectivity index (χ2v) is 8.65. The van der Waals surface area contributed by atoms with Gasteiger partial charge in [0.1, 0.15) is 5.75 Å². The molecule has 0 unspecified atom stereocenters. The first-order chi connectivity index (χ1) is 13.2. The first-order valence-corrected chi connectivity index (χ1v) is 10.5. The van der Waals surface area contributed by atoms with Crippen LogP contribution in [0.1, 0.15) is 23.7 Å². The van der Waals surface area contributed by atoms with Crippen LogP contribution in [0.4, 0.5) is 5.69 Å². The smallest absolute Gasteiger partial charge is 0.257 e. The Morgan fingerprint density at radius 2 is 1.68 bits per heavy atom. The molecule has 0 saturated carbocycles. The lowest BCUT2D eigenvalue weighted by molar-refractivity contribution is 0.0977. The highest BCUT2D eigenvalue weighted by Gasteiger charge is 2.16. The minimum atomic E-state index is -3.49. The molecule has 0 aromatic heterocycles. The van der Waals surface area contributed by atoms with E-state index in [2.05, 4.69) is 10.6 Å². The van der Waals surface area contributed by atoms with Gasteiger partial charge in [-0.25, -0.2) is 12.7 Å². The summed E-state index contributed by atoms with van der Waals surface area (Å²) in [5.41, 5.74) is 1.01. The van der Waals surface area contributed by atoms with Gasteiger partial charge in [0.25, 0.3) is 5.91 Å². The summed E-state index contributed by atoms with van der Waals surface area (Å²) < 4.78 is 30.7. The van der Waals surface area contributed by atoms with E-state index in [-0.39, 0.29) is 15.9 Å². The summed E-state index contributed by atoms with van der Waals surface area (Å²) in [6.45, 7) is 2.64. The number of benzene rings is 2. The topological polar surface area (TPSA) is 87.7 Å². The van der Waals surface area contributed by atoms with Crippen molar-refractivity contribution in [1.29, 1.82) is 0 Å². The number of carbonyl (C=O) groups excluding carboxylic acids is 1. The molecule has 150 valence electrons. The van der Waals surface area contributed by atoms with Crippen molar-refractivity contribution in [1.82, 2.24) is 9.62 Å². The molecule has 0 bridgehead atoms. The number of nitrogens with zero attached hydrogens (tertiary/aromatic N) is 1. The van der Waals surface area contributed by atoms with Gasteiger partial charge in [-0.05, 0) is 67.2 Å². The molecular weight excluding hydrogens is 398 g/mol. The number of hydrogen-bond acceptors (Lipinski definition) is 5. The van der Waals surface area contributed by atoms with E-state index >= 15 is 0 Å². The Morgan fingerprint density at radius 3 is 2.21 bits per heavy atom. The Morgan fingerprint density at radius 1 is 1.07 bits per heavy atom. The summed E-state index contributed by atoms with van der Waals surface area (Å²) in [6.07, 6.45) is 0.907. The van der Waals surface area contributed by atoms with Gasteiger partial charge in [0, 0.05) is 25.3 Å². The Labute approximate surface area is 170 Å². The van der Waals surface area contributed by atoms with E-state index in [0.29, 0.717) is 23.6 Å². The number of hydrogen-bond donors (Lipinski definition) is 2. The van der Waals surface area contributed by atoms with Crippen LogP contribution in [0.25, 0.3) is 0 Å². The Bertz CT molecular complexity index is 925. The Kier molecular flexibility index (Phi) is 7.50. The van der Waals surface area contributed by atoms with Crippen LogP contribution in [0, 0.1) is 0 Å². The lowest BCUT2D eigenvalue weighted by Crippen LogP contribution is -2.34. The highest BCUT2D eigenvalue weighted by Crippen LogP contribution is 2.17. The molecule has 0 fully saturated rings. The van der Waals surface area contributed by atoms with Crippen LogP contribution in [0.2, 0.25) is 0 Å². The van der Waals surface area contributed by atoms with Gasteiger partial charge in [-0.2, -0.15) is 0 Å². The molecule has 0 heterocycles. The lowest BCUT2D eigenvalue weighted by Gasteiger charge is -2.13. The molecule has 1 amide bonds. The van der Waals surface area contributed by atoms with Crippen LogP contribution in [-0.2, 0) is 10.0 Å². The van der Waals surface area contributed by atoms with Crippen molar-refractivity contribution in [3.63, 3.8) is 0 Å². The van der Waals surface area contributed by atoms with Crippen LogP contribution in [0.3, 0.4) is 0 Å². The fourth-order valence-electron chi connectivity index (χ4n) is 2.18. The number of thiocarbonyl (C=S) groups is 1. The zero-order valence-electron chi connectivity index (χ0n) is 15.9. The average molecular weight is 422 g/mol. The number of ether oxygens (including phenoxy) is 1. The summed E-state index contributed by atoms with van der Waals surface area (Å²) in [5, 5.41) is 5.55. The van der Waals surface area contributed by atoms with Gasteiger partial charge in [-0.15, -0.1) is 0 Å². The fraction of sp³-hybridized carbons (Fsp3) is 0.263. The summed E-state index contributed by atoms with van der Waals surface area (Å²) in [4.78, 5) is 12.4. The van der Waals surface area contributed by atoms with Crippen LogP contribution in [0.15, 0.2) is 53.4 Å². The van der Waals surface area contributed by atoms with Gasteiger partial charge in [0.05, 0.1) is 11.5 Å². The van der Waals surface area contributed by atoms with E-state index in [1.54, 1.807) is 36.4 Å². The third kappa shape index (κ3) is 5.75. The van der Waals surface area contributed by atoms with E-state index in [1.807, 2.05) is 6.92 Å². The zero-order valence-corrected chi connectivity index (χ0v) is 17.6. The lowest BCUT2D eigenvalue weighted by atomic mass is 10.2. The molecule has 0 radical (unpaired) electrons. The van der Waals surface area contributed by atoms with Gasteiger partial charge in [-0.3, -0.25) is 10.1 Å². The highest BCUT2D eigenvalue weighted by atomic mass is 32.2. The van der Waals surface area contributed by atoms with E-state index in [9.17, 15) is 13.2 Å². The molecule has 2 aromatic carbocycles. The third-order valence-electron chi connectivity index (χ3n) is 3.71. The normalized spacial score (nSPS) is 11.1. The van der Waals surface area contributed by atoms with Crippen molar-refractivity contribution in [2.75, 3.05) is 26.0 Å². The summed E-state index contributed by atoms with van der Waals surface area (Å²) in [7, 11) is -0.560. The van der Waals surface area contributed by atoms with Gasteiger partial charge in [-0.1, -0.05) is 6.92 Å². The second-order valence-electron chi connectivity index (χ2n) is 6.09. The predicted octanol–water partition coefficient (Wildman–Crippen LogP) is 2.85. The molecule has 2 rings (SSSR count).